The van der Waals surface area contributed by atoms with Crippen molar-refractivity contribution in [2.75, 3.05) is 11.1 Å². The molecule has 0 spiro atoms. The van der Waals surface area contributed by atoms with Gasteiger partial charge in [-0.15, -0.1) is 0 Å². The molecule has 0 radical (unpaired) electrons. The monoisotopic (exact) mass is 605 g/mol. The normalized spacial score (nSPS) is 13.7. The lowest BCUT2D eigenvalue weighted by molar-refractivity contribution is -0.143. The molecule has 3 aromatic carbocycles. The molecule has 3 atom stereocenters. The van der Waals surface area contributed by atoms with Gasteiger partial charge in [0.15, 0.2) is 0 Å². The van der Waals surface area contributed by atoms with Gasteiger partial charge in [0.25, 0.3) is 5.91 Å². The first-order valence-corrected chi connectivity index (χ1v) is 15.8. The third-order valence-corrected chi connectivity index (χ3v) is 7.68. The fourth-order valence-electron chi connectivity index (χ4n) is 4.98. The van der Waals surface area contributed by atoms with Crippen LogP contribution in [-0.4, -0.2) is 46.2 Å². The first-order valence-electron chi connectivity index (χ1n) is 15.1. The number of benzene rings is 3. The number of nitrogens with one attached hydrogen (secondary N) is 2. The Labute approximate surface area is 262 Å². The Bertz CT molecular complexity index is 1380. The van der Waals surface area contributed by atoms with Crippen molar-refractivity contribution in [2.45, 2.75) is 91.5 Å². The van der Waals surface area contributed by atoms with Crippen LogP contribution in [-0.2, 0) is 20.7 Å². The number of ether oxygens (including phenoxy) is 1. The minimum Gasteiger partial charge on any atom is -0.444 e. The molecule has 0 fully saturated rings. The molecule has 0 saturated heterocycles. The summed E-state index contributed by atoms with van der Waals surface area (Å²) in [5, 5.41) is 7.84. The van der Waals surface area contributed by atoms with E-state index in [-0.39, 0.29) is 17.7 Å². The highest BCUT2D eigenvalue weighted by Gasteiger charge is 2.38. The van der Waals surface area contributed by atoms with Gasteiger partial charge in [-0.1, -0.05) is 75.4 Å². The van der Waals surface area contributed by atoms with Gasteiger partial charge >= 0.3 is 6.09 Å². The number of nitrogens with zero attached hydrogens (tertiary/aromatic N) is 1. The van der Waals surface area contributed by atoms with E-state index in [1.54, 1.807) is 25.7 Å². The summed E-state index contributed by atoms with van der Waals surface area (Å²) in [6.45, 7) is 13.6. The fraction of sp³-hybridized carbons (Fsp3) is 0.457. The Morgan fingerprint density at radius 1 is 0.907 bits per heavy atom. The van der Waals surface area contributed by atoms with Crippen LogP contribution in [0.3, 0.4) is 0 Å². The summed E-state index contributed by atoms with van der Waals surface area (Å²) >= 11 is 4.42. The number of hydrogen-bond acceptors (Lipinski definition) is 5. The van der Waals surface area contributed by atoms with Crippen molar-refractivity contribution < 1.29 is 19.1 Å². The number of anilines is 1. The topological polar surface area (TPSA) is 87.7 Å². The van der Waals surface area contributed by atoms with E-state index in [0.717, 1.165) is 29.2 Å². The molecule has 0 aliphatic carbocycles. The molecular formula is C35H47N3O4S. The Morgan fingerprint density at radius 3 is 2.14 bits per heavy atom. The number of fused-ring (bicyclic) bond motifs is 1. The molecule has 0 heterocycles. The van der Waals surface area contributed by atoms with Crippen LogP contribution >= 0.6 is 12.6 Å². The second-order valence-corrected chi connectivity index (χ2v) is 12.9. The third kappa shape index (κ3) is 9.75. The summed E-state index contributed by atoms with van der Waals surface area (Å²) in [5.74, 6) is -0.275. The van der Waals surface area contributed by atoms with E-state index >= 15 is 0 Å². The highest BCUT2D eigenvalue weighted by molar-refractivity contribution is 7.80. The maximum atomic E-state index is 14.4. The zero-order chi connectivity index (χ0) is 31.7. The Kier molecular flexibility index (Phi) is 12.1. The maximum Gasteiger partial charge on any atom is 0.408 e. The van der Waals surface area contributed by atoms with Crippen molar-refractivity contribution in [3.05, 3.63) is 77.9 Å². The van der Waals surface area contributed by atoms with Gasteiger partial charge in [-0.2, -0.15) is 12.6 Å². The van der Waals surface area contributed by atoms with Gasteiger partial charge in [-0.3, -0.25) is 9.59 Å². The van der Waals surface area contributed by atoms with Gasteiger partial charge in [-0.25, -0.2) is 4.79 Å². The summed E-state index contributed by atoms with van der Waals surface area (Å²) < 4.78 is 5.44. The second-order valence-electron chi connectivity index (χ2n) is 12.5. The first-order chi connectivity index (χ1) is 20.3. The summed E-state index contributed by atoms with van der Waals surface area (Å²) in [7, 11) is 0. The van der Waals surface area contributed by atoms with Crippen LogP contribution in [0.15, 0.2) is 66.7 Å². The lowest BCUT2D eigenvalue weighted by Crippen LogP contribution is -2.55. The number of hydrogen-bond donors (Lipinski definition) is 3. The Hall–Kier alpha value is -3.52. The Balaban J connectivity index is 2.06. The number of carbonyl (C=O) groups is 3. The van der Waals surface area contributed by atoms with Crippen LogP contribution < -0.4 is 10.6 Å². The zero-order valence-electron chi connectivity index (χ0n) is 26.5. The highest BCUT2D eigenvalue weighted by Crippen LogP contribution is 2.30. The van der Waals surface area contributed by atoms with Gasteiger partial charge in [0, 0.05) is 17.5 Å². The molecule has 7 nitrogen and oxygen atoms in total. The summed E-state index contributed by atoms with van der Waals surface area (Å²) in [4.78, 5) is 43.0. The molecule has 232 valence electrons. The number of carbonyl (C=O) groups excluding carboxylic acids is 3. The van der Waals surface area contributed by atoms with Crippen molar-refractivity contribution in [1.82, 2.24) is 10.2 Å². The molecule has 0 bridgehead atoms. The van der Waals surface area contributed by atoms with Crippen LogP contribution in [0.1, 0.15) is 78.5 Å². The van der Waals surface area contributed by atoms with Crippen LogP contribution in [0.25, 0.3) is 10.8 Å². The average molecular weight is 606 g/mol. The van der Waals surface area contributed by atoms with Gasteiger partial charge in [0.05, 0.1) is 0 Å². The second kappa shape index (κ2) is 15.3. The van der Waals surface area contributed by atoms with Crippen LogP contribution in [0.5, 0.6) is 0 Å². The molecule has 3 aromatic rings. The number of amides is 3. The van der Waals surface area contributed by atoms with Crippen LogP contribution in [0.2, 0.25) is 0 Å². The standard InChI is InChI=1S/C35H47N3O4S/c1-8-25-15-17-27(18-16-25)31(32(39)36-29-20-19-26-11-9-10-12-28(26)21-29)38(24(4)14-13-23(2)3)33(40)30(22-43)37-34(41)42-35(5,6)7/h9-12,15-21,23-24,30-31,43H,8,13-14,22H2,1-7H3,(H,36,39)(H,37,41). The minimum atomic E-state index is -0.995. The summed E-state index contributed by atoms with van der Waals surface area (Å²) in [6, 6.07) is 19.3. The maximum absolute atomic E-state index is 14.4. The minimum absolute atomic E-state index is 0.0409. The van der Waals surface area contributed by atoms with E-state index in [2.05, 4.69) is 44.0 Å². The Morgan fingerprint density at radius 2 is 1.56 bits per heavy atom. The van der Waals surface area contributed by atoms with E-state index in [9.17, 15) is 14.4 Å². The molecule has 0 aliphatic rings. The molecule has 8 heteroatoms. The number of alkyl carbamates (subject to hydrolysis) is 1. The van der Waals surface area contributed by atoms with Crippen molar-refractivity contribution in [3.8, 4) is 0 Å². The molecule has 0 aliphatic heterocycles. The van der Waals surface area contributed by atoms with E-state index in [1.807, 2.05) is 73.7 Å². The van der Waals surface area contributed by atoms with Gasteiger partial charge in [0.1, 0.15) is 17.7 Å². The lowest BCUT2D eigenvalue weighted by Gasteiger charge is -2.38. The quantitative estimate of drug-likeness (QED) is 0.186. The van der Waals surface area contributed by atoms with Crippen molar-refractivity contribution in [3.63, 3.8) is 0 Å². The molecule has 0 aromatic heterocycles. The molecule has 3 amide bonds. The molecule has 43 heavy (non-hydrogen) atoms. The predicted octanol–water partition coefficient (Wildman–Crippen LogP) is 7.56. The first kappa shape index (κ1) is 34.0. The number of aryl methyl sites for hydroxylation is 1. The van der Waals surface area contributed by atoms with Gasteiger partial charge in [0.2, 0.25) is 5.91 Å². The van der Waals surface area contributed by atoms with Gasteiger partial charge < -0.3 is 20.3 Å². The third-order valence-electron chi connectivity index (χ3n) is 7.31. The van der Waals surface area contributed by atoms with Crippen molar-refractivity contribution >= 4 is 47.0 Å². The SMILES string of the molecule is CCc1ccc(C(C(=O)Nc2ccc3ccccc3c2)N(C(=O)C(CS)NC(=O)OC(C)(C)C)C(C)CCC(C)C)cc1. The molecular weight excluding hydrogens is 558 g/mol. The van der Waals surface area contributed by atoms with Crippen molar-refractivity contribution in [2.24, 2.45) is 5.92 Å². The summed E-state index contributed by atoms with van der Waals surface area (Å²) in [6.07, 6.45) is 1.69. The average Bonchev–Trinajstić information content (AvgIpc) is 2.96. The highest BCUT2D eigenvalue weighted by atomic mass is 32.1. The number of rotatable bonds is 12. The predicted molar refractivity (Wildman–Crippen MR) is 179 cm³/mol. The van der Waals surface area contributed by atoms with Crippen molar-refractivity contribution in [1.29, 1.82) is 0 Å². The van der Waals surface area contributed by atoms with E-state index in [1.165, 1.54) is 0 Å². The molecule has 2 N–H and O–H groups in total. The number of thiol groups is 1. The molecule has 3 unspecified atom stereocenters. The smallest absolute Gasteiger partial charge is 0.408 e. The largest absolute Gasteiger partial charge is 0.444 e. The van der Waals surface area contributed by atoms with Crippen LogP contribution in [0.4, 0.5) is 10.5 Å². The van der Waals surface area contributed by atoms with Crippen LogP contribution in [0, 0.1) is 5.92 Å². The lowest BCUT2D eigenvalue weighted by atomic mass is 9.96. The zero-order valence-corrected chi connectivity index (χ0v) is 27.4. The van der Waals surface area contributed by atoms with E-state index in [4.69, 9.17) is 4.74 Å². The molecule has 0 saturated carbocycles. The fourth-order valence-corrected chi connectivity index (χ4v) is 5.23. The molecule has 3 rings (SSSR count). The summed E-state index contributed by atoms with van der Waals surface area (Å²) in [5.41, 5.74) is 1.72. The van der Waals surface area contributed by atoms with E-state index in [0.29, 0.717) is 23.6 Å². The van der Waals surface area contributed by atoms with E-state index < -0.39 is 29.7 Å². The van der Waals surface area contributed by atoms with Gasteiger partial charge in [-0.05, 0) is 86.9 Å².